The third kappa shape index (κ3) is 6.69. The van der Waals surface area contributed by atoms with Gasteiger partial charge in [-0.15, -0.1) is 24.0 Å². The minimum Gasteiger partial charge on any atom is -0.355 e. The number of hydrogen-bond donors (Lipinski definition) is 2. The van der Waals surface area contributed by atoms with Gasteiger partial charge in [0, 0.05) is 31.2 Å². The number of nitrogens with zero attached hydrogens (tertiary/aromatic N) is 2. The van der Waals surface area contributed by atoms with Crippen LogP contribution in [0.4, 0.5) is 8.78 Å². The molecule has 7 heteroatoms. The maximum atomic E-state index is 13.7. The molecule has 0 bridgehead atoms. The Balaban J connectivity index is 0.00000312. The molecule has 1 aromatic carbocycles. The zero-order valence-corrected chi connectivity index (χ0v) is 17.6. The molecular formula is C18H29F2IN4. The van der Waals surface area contributed by atoms with Crippen LogP contribution in [0.3, 0.4) is 0 Å². The Hall–Kier alpha value is -0.960. The maximum absolute atomic E-state index is 13.7. The van der Waals surface area contributed by atoms with Crippen molar-refractivity contribution in [1.82, 2.24) is 15.5 Å². The lowest BCUT2D eigenvalue weighted by Crippen LogP contribution is -2.54. The highest BCUT2D eigenvalue weighted by molar-refractivity contribution is 14.0. The molecule has 0 atom stereocenters. The number of nitrogens with one attached hydrogen (secondary N) is 2. The topological polar surface area (TPSA) is 39.7 Å². The maximum Gasteiger partial charge on any atom is 0.191 e. The van der Waals surface area contributed by atoms with Crippen LogP contribution >= 0.6 is 24.0 Å². The summed E-state index contributed by atoms with van der Waals surface area (Å²) in [5, 5.41) is 6.34. The van der Waals surface area contributed by atoms with Crippen molar-refractivity contribution >= 4 is 29.9 Å². The lowest BCUT2D eigenvalue weighted by atomic mass is 9.98. The molecule has 0 aliphatic carbocycles. The molecule has 0 aromatic heterocycles. The molecule has 1 aromatic rings. The molecule has 0 unspecified atom stereocenters. The van der Waals surface area contributed by atoms with E-state index >= 15 is 0 Å². The third-order valence-corrected chi connectivity index (χ3v) is 4.58. The van der Waals surface area contributed by atoms with E-state index in [9.17, 15) is 8.78 Å². The van der Waals surface area contributed by atoms with E-state index in [1.165, 1.54) is 25.3 Å². The summed E-state index contributed by atoms with van der Waals surface area (Å²) in [5.41, 5.74) is 0.301. The predicted molar refractivity (Wildman–Crippen MR) is 109 cm³/mol. The van der Waals surface area contributed by atoms with Gasteiger partial charge < -0.3 is 10.6 Å². The van der Waals surface area contributed by atoms with Crippen molar-refractivity contribution in [3.63, 3.8) is 0 Å². The number of rotatable bonds is 5. The van der Waals surface area contributed by atoms with Crippen molar-refractivity contribution in [2.75, 3.05) is 26.7 Å². The number of guanidine groups is 1. The summed E-state index contributed by atoms with van der Waals surface area (Å²) in [4.78, 5) is 6.65. The number of hydrogen-bond acceptors (Lipinski definition) is 2. The molecule has 0 amide bonds. The van der Waals surface area contributed by atoms with E-state index in [1.807, 2.05) is 0 Å². The van der Waals surface area contributed by atoms with Crippen molar-refractivity contribution in [3.8, 4) is 0 Å². The summed E-state index contributed by atoms with van der Waals surface area (Å²) in [6.45, 7) is 7.59. The van der Waals surface area contributed by atoms with Crippen molar-refractivity contribution in [3.05, 3.63) is 35.4 Å². The Morgan fingerprint density at radius 1 is 1.16 bits per heavy atom. The molecule has 1 fully saturated rings. The van der Waals surface area contributed by atoms with Gasteiger partial charge in [0.05, 0.1) is 0 Å². The number of piperidine rings is 1. The van der Waals surface area contributed by atoms with Crippen LogP contribution in [-0.2, 0) is 6.54 Å². The van der Waals surface area contributed by atoms with Gasteiger partial charge in [0.1, 0.15) is 11.6 Å². The average molecular weight is 466 g/mol. The second kappa shape index (κ2) is 10.3. The van der Waals surface area contributed by atoms with Crippen LogP contribution in [0.1, 0.15) is 38.7 Å². The molecule has 2 rings (SSSR count). The molecule has 2 N–H and O–H groups in total. The van der Waals surface area contributed by atoms with Crippen molar-refractivity contribution in [2.45, 2.75) is 45.2 Å². The zero-order chi connectivity index (χ0) is 17.6. The quantitative estimate of drug-likeness (QED) is 0.397. The van der Waals surface area contributed by atoms with Gasteiger partial charge in [0.25, 0.3) is 0 Å². The van der Waals surface area contributed by atoms with Crippen LogP contribution in [-0.4, -0.2) is 43.1 Å². The fourth-order valence-corrected chi connectivity index (χ4v) is 2.99. The van der Waals surface area contributed by atoms with Gasteiger partial charge in [-0.3, -0.25) is 9.89 Å². The Morgan fingerprint density at radius 2 is 1.84 bits per heavy atom. The smallest absolute Gasteiger partial charge is 0.191 e. The number of likely N-dealkylation sites (tertiary alicyclic amines) is 1. The summed E-state index contributed by atoms with van der Waals surface area (Å²) in [7, 11) is 1.67. The molecule has 142 valence electrons. The molecule has 0 radical (unpaired) electrons. The van der Waals surface area contributed by atoms with Crippen molar-refractivity contribution < 1.29 is 8.78 Å². The van der Waals surface area contributed by atoms with E-state index in [-0.39, 0.29) is 41.6 Å². The van der Waals surface area contributed by atoms with Crippen LogP contribution in [0.15, 0.2) is 23.2 Å². The Kier molecular flexibility index (Phi) is 9.06. The zero-order valence-electron chi connectivity index (χ0n) is 15.2. The summed E-state index contributed by atoms with van der Waals surface area (Å²) < 4.78 is 26.9. The highest BCUT2D eigenvalue weighted by Crippen LogP contribution is 2.19. The Morgan fingerprint density at radius 3 is 2.48 bits per heavy atom. The second-order valence-electron chi connectivity index (χ2n) is 6.88. The van der Waals surface area contributed by atoms with Crippen LogP contribution in [0.25, 0.3) is 0 Å². The van der Waals surface area contributed by atoms with Gasteiger partial charge in [0.2, 0.25) is 0 Å². The van der Waals surface area contributed by atoms with Gasteiger partial charge in [-0.2, -0.15) is 0 Å². The van der Waals surface area contributed by atoms with E-state index in [0.29, 0.717) is 5.96 Å². The molecule has 4 nitrogen and oxygen atoms in total. The molecule has 1 aliphatic heterocycles. The highest BCUT2D eigenvalue weighted by Gasteiger charge is 2.27. The summed E-state index contributed by atoms with van der Waals surface area (Å²) in [6.07, 6.45) is 3.80. The Bertz CT molecular complexity index is 572. The fraction of sp³-hybridized carbons (Fsp3) is 0.611. The standard InChI is InChI=1S/C18H28F2N4.HI/c1-18(2,24-9-5-4-6-10-24)13-23-17(21-3)22-12-14-11-15(19)7-8-16(14)20;/h7-8,11H,4-6,9-10,12-13H2,1-3H3,(H2,21,22,23);1H. The minimum atomic E-state index is -0.442. The van der Waals surface area contributed by atoms with Gasteiger partial charge >= 0.3 is 0 Å². The van der Waals surface area contributed by atoms with E-state index < -0.39 is 11.6 Å². The highest BCUT2D eigenvalue weighted by atomic mass is 127. The van der Waals surface area contributed by atoms with Gasteiger partial charge in [-0.25, -0.2) is 8.78 Å². The average Bonchev–Trinajstić information content (AvgIpc) is 2.58. The first-order valence-corrected chi connectivity index (χ1v) is 8.56. The second-order valence-corrected chi connectivity index (χ2v) is 6.88. The third-order valence-electron chi connectivity index (χ3n) is 4.58. The first-order valence-electron chi connectivity index (χ1n) is 8.56. The molecule has 1 aliphatic rings. The SMILES string of the molecule is CN=C(NCc1cc(F)ccc1F)NCC(C)(C)N1CCCCC1.I. The van der Waals surface area contributed by atoms with Gasteiger partial charge in [-0.05, 0) is 58.0 Å². The lowest BCUT2D eigenvalue weighted by Gasteiger charge is -2.41. The van der Waals surface area contributed by atoms with Gasteiger partial charge in [-0.1, -0.05) is 6.42 Å². The van der Waals surface area contributed by atoms with E-state index in [0.717, 1.165) is 31.8 Å². The normalized spacial score (nSPS) is 16.3. The number of halogens is 3. The first kappa shape index (κ1) is 22.1. The molecule has 0 spiro atoms. The summed E-state index contributed by atoms with van der Waals surface area (Å²) in [6, 6.07) is 3.46. The van der Waals surface area contributed by atoms with Crippen molar-refractivity contribution in [1.29, 1.82) is 0 Å². The molecule has 0 saturated carbocycles. The van der Waals surface area contributed by atoms with Gasteiger partial charge in [0.15, 0.2) is 5.96 Å². The molecule has 1 heterocycles. The Labute approximate surface area is 166 Å². The fourth-order valence-electron chi connectivity index (χ4n) is 2.99. The largest absolute Gasteiger partial charge is 0.355 e. The summed E-state index contributed by atoms with van der Waals surface area (Å²) in [5.74, 6) is -0.279. The molecule has 25 heavy (non-hydrogen) atoms. The van der Waals surface area contributed by atoms with E-state index in [2.05, 4.69) is 34.4 Å². The van der Waals surface area contributed by atoms with Crippen LogP contribution in [0, 0.1) is 11.6 Å². The number of aliphatic imine (C=N–C) groups is 1. The predicted octanol–water partition coefficient (Wildman–Crippen LogP) is 3.51. The lowest BCUT2D eigenvalue weighted by molar-refractivity contribution is 0.0982. The monoisotopic (exact) mass is 466 g/mol. The molecular weight excluding hydrogens is 437 g/mol. The molecule has 1 saturated heterocycles. The van der Waals surface area contributed by atoms with E-state index in [4.69, 9.17) is 0 Å². The van der Waals surface area contributed by atoms with Crippen LogP contribution in [0.2, 0.25) is 0 Å². The van der Waals surface area contributed by atoms with Crippen LogP contribution < -0.4 is 10.6 Å². The first-order chi connectivity index (χ1) is 11.4. The summed E-state index contributed by atoms with van der Waals surface area (Å²) >= 11 is 0. The minimum absolute atomic E-state index is 0. The number of benzene rings is 1. The van der Waals surface area contributed by atoms with Crippen LogP contribution in [0.5, 0.6) is 0 Å². The van der Waals surface area contributed by atoms with E-state index in [1.54, 1.807) is 7.05 Å². The van der Waals surface area contributed by atoms with Crippen molar-refractivity contribution in [2.24, 2.45) is 4.99 Å².